The number of aromatic nitrogens is 2. The second kappa shape index (κ2) is 7.70. The smallest absolute Gasteiger partial charge is 0.163 e. The number of aryl methyl sites for hydroxylation is 2. The molecule has 0 aliphatic heterocycles. The Kier molecular flexibility index (Phi) is 5.91. The average Bonchev–Trinajstić information content (AvgIpc) is 2.79. The van der Waals surface area contributed by atoms with Crippen LogP contribution in [-0.2, 0) is 18.4 Å². The van der Waals surface area contributed by atoms with Gasteiger partial charge in [0, 0.05) is 25.6 Å². The highest BCUT2D eigenvalue weighted by molar-refractivity contribution is 6.00. The number of imidazole rings is 1. The molecule has 0 unspecified atom stereocenters. The number of fused-ring (bicyclic) bond motifs is 1. The Morgan fingerprint density at radius 3 is 2.74 bits per heavy atom. The van der Waals surface area contributed by atoms with E-state index in [0.29, 0.717) is 19.6 Å². The fraction of sp³-hybridized carbons (Fsp3) is 0.556. The number of Topliss-reactive ketones (excluding diaryl/α,β-unsaturated/α-hetero) is 1. The van der Waals surface area contributed by atoms with Gasteiger partial charge in [0.15, 0.2) is 5.78 Å². The quantitative estimate of drug-likeness (QED) is 0.555. The molecule has 5 nitrogen and oxygen atoms in total. The Morgan fingerprint density at radius 1 is 1.35 bits per heavy atom. The summed E-state index contributed by atoms with van der Waals surface area (Å²) in [5.41, 5.74) is 3.71. The van der Waals surface area contributed by atoms with Gasteiger partial charge in [0.05, 0.1) is 17.6 Å². The van der Waals surface area contributed by atoms with Crippen molar-refractivity contribution in [1.29, 1.82) is 0 Å². The molecule has 0 saturated carbocycles. The average molecular weight is 317 g/mol. The zero-order chi connectivity index (χ0) is 17.0. The summed E-state index contributed by atoms with van der Waals surface area (Å²) in [5.74, 6) is 1.08. The van der Waals surface area contributed by atoms with Crippen molar-refractivity contribution >= 4 is 16.8 Å². The topological polar surface area (TPSA) is 47.4 Å². The molecule has 0 amide bonds. The lowest BCUT2D eigenvalue weighted by Gasteiger charge is -2.09. The maximum atomic E-state index is 12.2. The molecule has 0 aliphatic carbocycles. The first-order valence-corrected chi connectivity index (χ1v) is 8.15. The normalized spacial score (nSPS) is 11.6. The maximum Gasteiger partial charge on any atom is 0.163 e. The van der Waals surface area contributed by atoms with E-state index in [0.717, 1.165) is 41.0 Å². The molecule has 0 saturated heterocycles. The monoisotopic (exact) mass is 317 g/mol. The third-order valence-corrected chi connectivity index (χ3v) is 4.01. The van der Waals surface area contributed by atoms with Crippen molar-refractivity contribution in [2.45, 2.75) is 33.3 Å². The first kappa shape index (κ1) is 17.6. The molecule has 1 aromatic carbocycles. The summed E-state index contributed by atoms with van der Waals surface area (Å²) in [6.45, 7) is 6.06. The van der Waals surface area contributed by atoms with E-state index in [-0.39, 0.29) is 5.78 Å². The Bertz CT molecular complexity index is 689. The van der Waals surface area contributed by atoms with Crippen LogP contribution in [0.5, 0.6) is 0 Å². The fourth-order valence-electron chi connectivity index (χ4n) is 2.59. The van der Waals surface area contributed by atoms with E-state index in [4.69, 9.17) is 4.74 Å². The zero-order valence-electron chi connectivity index (χ0n) is 14.8. The molecule has 1 aromatic heterocycles. The van der Waals surface area contributed by atoms with Crippen LogP contribution in [0, 0.1) is 6.92 Å². The van der Waals surface area contributed by atoms with E-state index in [1.54, 1.807) is 0 Å². The number of ether oxygens (including phenoxy) is 1. The molecule has 0 N–H and O–H groups in total. The summed E-state index contributed by atoms with van der Waals surface area (Å²) in [7, 11) is 6.04. The van der Waals surface area contributed by atoms with Gasteiger partial charge in [-0.15, -0.1) is 0 Å². The van der Waals surface area contributed by atoms with Crippen LogP contribution in [0.2, 0.25) is 0 Å². The van der Waals surface area contributed by atoms with Crippen LogP contribution in [0.3, 0.4) is 0 Å². The largest absolute Gasteiger partial charge is 0.372 e. The Balaban J connectivity index is 2.22. The van der Waals surface area contributed by atoms with Crippen molar-refractivity contribution in [2.75, 3.05) is 27.2 Å². The number of likely N-dealkylation sites (N-methyl/N-ethyl adjacent to an activating group) is 1. The van der Waals surface area contributed by atoms with Crippen molar-refractivity contribution in [3.8, 4) is 0 Å². The fourth-order valence-corrected chi connectivity index (χ4v) is 2.59. The van der Waals surface area contributed by atoms with Gasteiger partial charge in [-0.25, -0.2) is 4.98 Å². The van der Waals surface area contributed by atoms with Crippen LogP contribution in [0.15, 0.2) is 12.1 Å². The minimum absolute atomic E-state index is 0.196. The van der Waals surface area contributed by atoms with Crippen LogP contribution in [0.1, 0.15) is 41.5 Å². The van der Waals surface area contributed by atoms with E-state index < -0.39 is 0 Å². The van der Waals surface area contributed by atoms with Crippen LogP contribution < -0.4 is 0 Å². The van der Waals surface area contributed by atoms with Crippen molar-refractivity contribution in [3.05, 3.63) is 29.1 Å². The zero-order valence-corrected chi connectivity index (χ0v) is 14.8. The van der Waals surface area contributed by atoms with Gasteiger partial charge in [0.25, 0.3) is 0 Å². The number of benzene rings is 1. The number of hydrogen-bond donors (Lipinski definition) is 0. The molecule has 0 bridgehead atoms. The summed E-state index contributed by atoms with van der Waals surface area (Å²) in [6.07, 6.45) is 1.45. The van der Waals surface area contributed by atoms with Crippen LogP contribution in [0.4, 0.5) is 0 Å². The summed E-state index contributed by atoms with van der Waals surface area (Å²) in [4.78, 5) is 18.9. The molecule has 0 spiro atoms. The van der Waals surface area contributed by atoms with Crippen LogP contribution in [0.25, 0.3) is 11.0 Å². The molecule has 0 aliphatic rings. The van der Waals surface area contributed by atoms with Crippen molar-refractivity contribution in [2.24, 2.45) is 7.05 Å². The van der Waals surface area contributed by atoms with Gasteiger partial charge in [-0.2, -0.15) is 0 Å². The predicted molar refractivity (Wildman–Crippen MR) is 92.9 cm³/mol. The molecule has 5 heteroatoms. The van der Waals surface area contributed by atoms with Gasteiger partial charge in [0.1, 0.15) is 12.4 Å². The maximum absolute atomic E-state index is 12.2. The highest BCUT2D eigenvalue weighted by Crippen LogP contribution is 2.22. The summed E-state index contributed by atoms with van der Waals surface area (Å²) >= 11 is 0. The van der Waals surface area contributed by atoms with Gasteiger partial charge in [0.2, 0.25) is 0 Å². The van der Waals surface area contributed by atoms with Gasteiger partial charge >= 0.3 is 0 Å². The molecule has 126 valence electrons. The number of hydrogen-bond acceptors (Lipinski definition) is 4. The number of carbonyl (C=O) groups is 1. The third kappa shape index (κ3) is 4.18. The summed E-state index contributed by atoms with van der Waals surface area (Å²) < 4.78 is 7.74. The second-order valence-electron chi connectivity index (χ2n) is 6.27. The third-order valence-electron chi connectivity index (χ3n) is 4.01. The lowest BCUT2D eigenvalue weighted by molar-refractivity contribution is 0.0981. The van der Waals surface area contributed by atoms with Gasteiger partial charge in [-0.05, 0) is 45.1 Å². The van der Waals surface area contributed by atoms with Crippen LogP contribution in [-0.4, -0.2) is 47.5 Å². The standard InChI is InChI=1S/C18H27N3O2/c1-6-7-17(22)14-11-15-16(10-13(14)2)21(5)18(19-15)12-23-9-8-20(3)4/h10-11H,6-9,12H2,1-5H3. The molecular formula is C18H27N3O2. The minimum atomic E-state index is 0.196. The van der Waals surface area contributed by atoms with Crippen molar-refractivity contribution in [3.63, 3.8) is 0 Å². The number of rotatable bonds is 8. The minimum Gasteiger partial charge on any atom is -0.372 e. The highest BCUT2D eigenvalue weighted by atomic mass is 16.5. The number of nitrogens with zero attached hydrogens (tertiary/aromatic N) is 3. The Labute approximate surface area is 138 Å². The second-order valence-corrected chi connectivity index (χ2v) is 6.27. The van der Waals surface area contributed by atoms with Crippen molar-refractivity contribution in [1.82, 2.24) is 14.5 Å². The molecule has 1 heterocycles. The molecule has 0 radical (unpaired) electrons. The lowest BCUT2D eigenvalue weighted by atomic mass is 10.0. The molecular weight excluding hydrogens is 290 g/mol. The van der Waals surface area contributed by atoms with E-state index in [1.165, 1.54) is 0 Å². The summed E-state index contributed by atoms with van der Waals surface area (Å²) in [6, 6.07) is 3.97. The van der Waals surface area contributed by atoms with Gasteiger partial charge in [-0.1, -0.05) is 6.92 Å². The predicted octanol–water partition coefficient (Wildman–Crippen LogP) is 2.94. The molecule has 2 rings (SSSR count). The SMILES string of the molecule is CCCC(=O)c1cc2nc(COCCN(C)C)n(C)c2cc1C. The van der Waals surface area contributed by atoms with Crippen LogP contribution >= 0.6 is 0 Å². The van der Waals surface area contributed by atoms with E-state index in [1.807, 2.05) is 45.6 Å². The number of carbonyl (C=O) groups excluding carboxylic acids is 1. The lowest BCUT2D eigenvalue weighted by Crippen LogP contribution is -2.18. The Hall–Kier alpha value is -1.72. The molecule has 0 atom stereocenters. The van der Waals surface area contributed by atoms with Gasteiger partial charge in [-0.3, -0.25) is 4.79 Å². The molecule has 2 aromatic rings. The van der Waals surface area contributed by atoms with E-state index >= 15 is 0 Å². The van der Waals surface area contributed by atoms with Crippen molar-refractivity contribution < 1.29 is 9.53 Å². The van der Waals surface area contributed by atoms with E-state index in [2.05, 4.69) is 16.0 Å². The number of ketones is 1. The van der Waals surface area contributed by atoms with Gasteiger partial charge < -0.3 is 14.2 Å². The molecule has 0 fully saturated rings. The highest BCUT2D eigenvalue weighted by Gasteiger charge is 2.14. The summed E-state index contributed by atoms with van der Waals surface area (Å²) in [5, 5.41) is 0. The first-order chi connectivity index (χ1) is 10.9. The first-order valence-electron chi connectivity index (χ1n) is 8.15. The molecule has 23 heavy (non-hydrogen) atoms. The Morgan fingerprint density at radius 2 is 2.09 bits per heavy atom. The van der Waals surface area contributed by atoms with E-state index in [9.17, 15) is 4.79 Å².